The van der Waals surface area contributed by atoms with Gasteiger partial charge in [0.2, 0.25) is 0 Å². The van der Waals surface area contributed by atoms with Gasteiger partial charge < -0.3 is 11.1 Å². The third-order valence-electron chi connectivity index (χ3n) is 4.43. The predicted molar refractivity (Wildman–Crippen MR) is 86.7 cm³/mol. The van der Waals surface area contributed by atoms with Crippen molar-refractivity contribution in [2.75, 3.05) is 11.9 Å². The van der Waals surface area contributed by atoms with Gasteiger partial charge in [-0.15, -0.1) is 0 Å². The van der Waals surface area contributed by atoms with Gasteiger partial charge in [0, 0.05) is 16.7 Å². The van der Waals surface area contributed by atoms with Crippen molar-refractivity contribution in [3.8, 4) is 0 Å². The van der Waals surface area contributed by atoms with Gasteiger partial charge in [-0.3, -0.25) is 0 Å². The van der Waals surface area contributed by atoms with Crippen LogP contribution in [0, 0.1) is 11.8 Å². The van der Waals surface area contributed by atoms with Gasteiger partial charge in [0.25, 0.3) is 0 Å². The Hall–Kier alpha value is -0.250. The molecule has 1 saturated carbocycles. The Balaban J connectivity index is 2.23. The van der Waals surface area contributed by atoms with Crippen LogP contribution in [0.3, 0.4) is 0 Å². The van der Waals surface area contributed by atoms with E-state index in [4.69, 9.17) is 17.3 Å². The van der Waals surface area contributed by atoms with Crippen LogP contribution in [0.4, 0.5) is 5.69 Å². The van der Waals surface area contributed by atoms with Gasteiger partial charge in [0.05, 0.1) is 10.6 Å². The first-order valence-corrected chi connectivity index (χ1v) is 8.07. The van der Waals surface area contributed by atoms with Crippen LogP contribution in [-0.4, -0.2) is 12.1 Å². The van der Waals surface area contributed by atoms with Crippen molar-refractivity contribution in [1.29, 1.82) is 0 Å². The van der Waals surface area contributed by atoms with E-state index < -0.39 is 0 Å². The Morgan fingerprint density at radius 2 is 2.16 bits per heavy atom. The maximum absolute atomic E-state index is 6.17. The second-order valence-corrected chi connectivity index (χ2v) is 7.16. The van der Waals surface area contributed by atoms with E-state index in [1.54, 1.807) is 0 Å². The lowest BCUT2D eigenvalue weighted by Crippen LogP contribution is -2.54. The summed E-state index contributed by atoms with van der Waals surface area (Å²) in [7, 11) is 0. The van der Waals surface area contributed by atoms with Crippen molar-refractivity contribution in [2.24, 2.45) is 17.6 Å². The topological polar surface area (TPSA) is 38.0 Å². The first-order chi connectivity index (χ1) is 8.97. The Morgan fingerprint density at radius 3 is 2.79 bits per heavy atom. The largest absolute Gasteiger partial charge is 0.378 e. The SMILES string of the molecule is CC1CCC(C)C(CN)(Nc2ccc(Br)c(Cl)c2)C1. The summed E-state index contributed by atoms with van der Waals surface area (Å²) in [4.78, 5) is 0. The van der Waals surface area contributed by atoms with Gasteiger partial charge in [-0.05, 0) is 58.8 Å². The molecule has 106 valence electrons. The minimum atomic E-state index is -0.00513. The number of hydrogen-bond acceptors (Lipinski definition) is 2. The Bertz CT molecular complexity index is 452. The van der Waals surface area contributed by atoms with Gasteiger partial charge >= 0.3 is 0 Å². The quantitative estimate of drug-likeness (QED) is 0.835. The molecule has 1 aliphatic rings. The summed E-state index contributed by atoms with van der Waals surface area (Å²) in [5.74, 6) is 1.30. The minimum absolute atomic E-state index is 0.00513. The van der Waals surface area contributed by atoms with Crippen molar-refractivity contribution in [1.82, 2.24) is 0 Å². The Labute approximate surface area is 129 Å². The van der Waals surface area contributed by atoms with E-state index in [1.165, 1.54) is 12.8 Å². The second-order valence-electron chi connectivity index (χ2n) is 5.90. The molecular formula is C15H22BrClN2. The molecule has 0 aromatic heterocycles. The molecule has 1 aromatic carbocycles. The van der Waals surface area contributed by atoms with E-state index in [0.717, 1.165) is 27.5 Å². The molecule has 3 N–H and O–H groups in total. The fourth-order valence-electron chi connectivity index (χ4n) is 3.11. The number of halogens is 2. The third kappa shape index (κ3) is 3.26. The molecular weight excluding hydrogens is 324 g/mol. The summed E-state index contributed by atoms with van der Waals surface area (Å²) < 4.78 is 0.923. The normalized spacial score (nSPS) is 31.2. The first-order valence-electron chi connectivity index (χ1n) is 6.90. The highest BCUT2D eigenvalue weighted by atomic mass is 79.9. The lowest BCUT2D eigenvalue weighted by molar-refractivity contribution is 0.188. The molecule has 1 fully saturated rings. The summed E-state index contributed by atoms with van der Waals surface area (Å²) in [5, 5.41) is 4.39. The fourth-order valence-corrected chi connectivity index (χ4v) is 3.53. The van der Waals surface area contributed by atoms with Crippen LogP contribution < -0.4 is 11.1 Å². The van der Waals surface area contributed by atoms with Crippen LogP contribution in [0.15, 0.2) is 22.7 Å². The van der Waals surface area contributed by atoms with Gasteiger partial charge in [0.15, 0.2) is 0 Å². The molecule has 0 spiro atoms. The van der Waals surface area contributed by atoms with Gasteiger partial charge in [0.1, 0.15) is 0 Å². The molecule has 1 aliphatic carbocycles. The summed E-state index contributed by atoms with van der Waals surface area (Å²) in [6.45, 7) is 5.27. The molecule has 2 rings (SSSR count). The number of benzene rings is 1. The molecule has 2 nitrogen and oxygen atoms in total. The lowest BCUT2D eigenvalue weighted by Gasteiger charge is -2.45. The average Bonchev–Trinajstić information content (AvgIpc) is 2.38. The lowest BCUT2D eigenvalue weighted by atomic mass is 9.69. The van der Waals surface area contributed by atoms with Crippen molar-refractivity contribution >= 4 is 33.2 Å². The highest BCUT2D eigenvalue weighted by Gasteiger charge is 2.39. The summed E-state index contributed by atoms with van der Waals surface area (Å²) in [6.07, 6.45) is 3.65. The number of anilines is 1. The number of nitrogens with two attached hydrogens (primary N) is 1. The van der Waals surface area contributed by atoms with E-state index in [9.17, 15) is 0 Å². The van der Waals surface area contributed by atoms with Crippen molar-refractivity contribution < 1.29 is 0 Å². The smallest absolute Gasteiger partial charge is 0.0568 e. The monoisotopic (exact) mass is 344 g/mol. The zero-order chi connectivity index (χ0) is 14.0. The van der Waals surface area contributed by atoms with Crippen LogP contribution in [0.1, 0.15) is 33.1 Å². The van der Waals surface area contributed by atoms with Gasteiger partial charge in [-0.1, -0.05) is 31.9 Å². The predicted octanol–water partition coefficient (Wildman–Crippen LogP) is 4.67. The average molecular weight is 346 g/mol. The standard InChI is InChI=1S/C15H22BrClN2/c1-10-3-4-11(2)15(8-10,9-18)19-12-5-6-13(16)14(17)7-12/h5-7,10-11,19H,3-4,8-9,18H2,1-2H3. The van der Waals surface area contributed by atoms with E-state index in [0.29, 0.717) is 12.5 Å². The highest BCUT2D eigenvalue weighted by Crippen LogP contribution is 2.39. The maximum atomic E-state index is 6.17. The molecule has 0 saturated heterocycles. The summed E-state index contributed by atoms with van der Waals surface area (Å²) >= 11 is 9.59. The molecule has 19 heavy (non-hydrogen) atoms. The van der Waals surface area contributed by atoms with Crippen molar-refractivity contribution in [3.05, 3.63) is 27.7 Å². The minimum Gasteiger partial charge on any atom is -0.378 e. The highest BCUT2D eigenvalue weighted by molar-refractivity contribution is 9.10. The molecule has 3 unspecified atom stereocenters. The maximum Gasteiger partial charge on any atom is 0.0568 e. The summed E-state index contributed by atoms with van der Waals surface area (Å²) in [5.41, 5.74) is 7.15. The molecule has 0 radical (unpaired) electrons. The molecule has 1 aromatic rings. The zero-order valence-corrected chi connectivity index (χ0v) is 13.9. The Kier molecular flexibility index (Phi) is 4.80. The molecule has 0 amide bonds. The molecule has 0 aliphatic heterocycles. The molecule has 4 heteroatoms. The summed E-state index contributed by atoms with van der Waals surface area (Å²) in [6, 6.07) is 6.00. The number of hydrogen-bond donors (Lipinski definition) is 2. The van der Waals surface area contributed by atoms with Gasteiger partial charge in [-0.25, -0.2) is 0 Å². The van der Waals surface area contributed by atoms with Crippen molar-refractivity contribution in [3.63, 3.8) is 0 Å². The van der Waals surface area contributed by atoms with Crippen LogP contribution in [0.25, 0.3) is 0 Å². The van der Waals surface area contributed by atoms with Gasteiger partial charge in [-0.2, -0.15) is 0 Å². The van der Waals surface area contributed by atoms with E-state index >= 15 is 0 Å². The van der Waals surface area contributed by atoms with E-state index in [2.05, 4.69) is 41.2 Å². The van der Waals surface area contributed by atoms with Crippen LogP contribution in [0.2, 0.25) is 5.02 Å². The second kappa shape index (κ2) is 6.02. The van der Waals surface area contributed by atoms with Crippen LogP contribution in [0.5, 0.6) is 0 Å². The third-order valence-corrected chi connectivity index (χ3v) is 5.66. The molecule has 0 heterocycles. The van der Waals surface area contributed by atoms with Crippen LogP contribution in [-0.2, 0) is 0 Å². The van der Waals surface area contributed by atoms with E-state index in [-0.39, 0.29) is 5.54 Å². The number of rotatable bonds is 3. The zero-order valence-electron chi connectivity index (χ0n) is 11.5. The fraction of sp³-hybridized carbons (Fsp3) is 0.600. The van der Waals surface area contributed by atoms with Crippen molar-refractivity contribution in [2.45, 2.75) is 38.6 Å². The first kappa shape index (κ1) is 15.1. The van der Waals surface area contributed by atoms with Crippen LogP contribution >= 0.6 is 27.5 Å². The number of nitrogens with one attached hydrogen (secondary N) is 1. The molecule has 3 atom stereocenters. The van der Waals surface area contributed by atoms with E-state index in [1.807, 2.05) is 12.1 Å². The molecule has 0 bridgehead atoms. The Morgan fingerprint density at radius 1 is 1.42 bits per heavy atom.